The molecule has 0 unspecified atom stereocenters. The first kappa shape index (κ1) is 9.84. The average molecular weight is 180 g/mol. The molecule has 1 aliphatic carbocycles. The zero-order chi connectivity index (χ0) is 10.0. The number of nitrogens with zero attached hydrogens (tertiary/aromatic N) is 2. The summed E-state index contributed by atoms with van der Waals surface area (Å²) in [4.78, 5) is 8.11. The predicted molar refractivity (Wildman–Crippen MR) is 54.3 cm³/mol. The second-order valence-corrected chi connectivity index (χ2v) is 2.94. The van der Waals surface area contributed by atoms with Crippen molar-refractivity contribution < 1.29 is 4.39 Å². The van der Waals surface area contributed by atoms with Crippen LogP contribution in [0.1, 0.15) is 13.8 Å². The molecule has 0 N–H and O–H groups in total. The molecule has 0 fully saturated rings. The minimum atomic E-state index is -0.217. The lowest BCUT2D eigenvalue weighted by Crippen LogP contribution is -2.21. The second kappa shape index (κ2) is 3.64. The maximum Gasteiger partial charge on any atom is 0.128 e. The van der Waals surface area contributed by atoms with Gasteiger partial charge in [0.2, 0.25) is 0 Å². The third-order valence-electron chi connectivity index (χ3n) is 2.10. The third-order valence-corrected chi connectivity index (χ3v) is 2.10. The van der Waals surface area contributed by atoms with Gasteiger partial charge in [-0.25, -0.2) is 4.39 Å². The summed E-state index contributed by atoms with van der Waals surface area (Å²) in [5, 5.41) is 0. The highest BCUT2D eigenvalue weighted by Crippen LogP contribution is 2.20. The van der Waals surface area contributed by atoms with Gasteiger partial charge < -0.3 is 0 Å². The first-order chi connectivity index (χ1) is 6.11. The van der Waals surface area contributed by atoms with Gasteiger partial charge in [-0.15, -0.1) is 0 Å². The quantitative estimate of drug-likeness (QED) is 0.511. The molecule has 3 heteroatoms. The Hall–Kier alpha value is -1.25. The van der Waals surface area contributed by atoms with Crippen LogP contribution in [-0.4, -0.2) is 25.5 Å². The molecule has 0 aliphatic heterocycles. The average Bonchev–Trinajstić information content (AvgIpc) is 2.10. The topological polar surface area (TPSA) is 24.7 Å². The molecule has 0 aromatic carbocycles. The molecule has 0 spiro atoms. The van der Waals surface area contributed by atoms with E-state index in [1.165, 1.54) is 6.08 Å². The van der Waals surface area contributed by atoms with Crippen LogP contribution in [0.25, 0.3) is 0 Å². The van der Waals surface area contributed by atoms with Crippen molar-refractivity contribution in [2.45, 2.75) is 13.8 Å². The molecule has 1 rings (SSSR count). The van der Waals surface area contributed by atoms with Crippen LogP contribution in [0.3, 0.4) is 0 Å². The lowest BCUT2D eigenvalue weighted by Gasteiger charge is -2.15. The minimum absolute atomic E-state index is 0.217. The Balaban J connectivity index is 3.33. The first-order valence-corrected chi connectivity index (χ1v) is 4.11. The Kier molecular flexibility index (Phi) is 2.76. The smallest absolute Gasteiger partial charge is 0.128 e. The molecular formula is C10H13FN2. The maximum atomic E-state index is 13.2. The van der Waals surface area contributed by atoms with Gasteiger partial charge in [-0.05, 0) is 25.5 Å². The van der Waals surface area contributed by atoms with E-state index in [1.54, 1.807) is 21.0 Å². The van der Waals surface area contributed by atoms with Gasteiger partial charge in [0, 0.05) is 19.7 Å². The number of rotatable bonds is 0. The number of allylic oxidation sites excluding steroid dienone is 4. The molecule has 0 saturated carbocycles. The lowest BCUT2D eigenvalue weighted by atomic mass is 9.95. The van der Waals surface area contributed by atoms with Crippen molar-refractivity contribution in [3.05, 3.63) is 23.0 Å². The SMILES string of the molecule is C/N=C1/C(C)=CC(F)=C(C)/C1=N/C. The van der Waals surface area contributed by atoms with Crippen LogP contribution in [0.15, 0.2) is 33.0 Å². The number of halogens is 1. The highest BCUT2D eigenvalue weighted by atomic mass is 19.1. The summed E-state index contributed by atoms with van der Waals surface area (Å²) in [7, 11) is 3.34. The Morgan fingerprint density at radius 3 is 2.08 bits per heavy atom. The van der Waals surface area contributed by atoms with E-state index in [0.717, 1.165) is 11.3 Å². The van der Waals surface area contributed by atoms with Gasteiger partial charge in [0.15, 0.2) is 0 Å². The van der Waals surface area contributed by atoms with Gasteiger partial charge in [0.25, 0.3) is 0 Å². The van der Waals surface area contributed by atoms with Gasteiger partial charge in [-0.2, -0.15) is 0 Å². The van der Waals surface area contributed by atoms with Gasteiger partial charge in [-0.3, -0.25) is 9.98 Å². The van der Waals surface area contributed by atoms with Crippen LogP contribution >= 0.6 is 0 Å². The molecule has 1 aliphatic rings. The Labute approximate surface area is 77.6 Å². The van der Waals surface area contributed by atoms with Crippen molar-refractivity contribution in [1.82, 2.24) is 0 Å². The molecule has 0 amide bonds. The monoisotopic (exact) mass is 180 g/mol. The molecule has 0 radical (unpaired) electrons. The van der Waals surface area contributed by atoms with E-state index in [2.05, 4.69) is 9.98 Å². The minimum Gasteiger partial charge on any atom is -0.286 e. The molecule has 0 saturated heterocycles. The van der Waals surface area contributed by atoms with Crippen LogP contribution in [0, 0.1) is 0 Å². The van der Waals surface area contributed by atoms with E-state index in [9.17, 15) is 4.39 Å². The predicted octanol–water partition coefficient (Wildman–Crippen LogP) is 2.33. The fraction of sp³-hybridized carbons (Fsp3) is 0.400. The first-order valence-electron chi connectivity index (χ1n) is 4.11. The lowest BCUT2D eigenvalue weighted by molar-refractivity contribution is 0.658. The van der Waals surface area contributed by atoms with Gasteiger partial charge in [-0.1, -0.05) is 0 Å². The fourth-order valence-corrected chi connectivity index (χ4v) is 1.40. The van der Waals surface area contributed by atoms with E-state index in [4.69, 9.17) is 0 Å². The van der Waals surface area contributed by atoms with Crippen molar-refractivity contribution in [2.75, 3.05) is 14.1 Å². The number of hydrogen-bond donors (Lipinski definition) is 0. The van der Waals surface area contributed by atoms with Gasteiger partial charge in [0.1, 0.15) is 5.83 Å². The van der Waals surface area contributed by atoms with E-state index in [1.807, 2.05) is 6.92 Å². The summed E-state index contributed by atoms with van der Waals surface area (Å²) in [6.07, 6.45) is 1.49. The molecular weight excluding hydrogens is 167 g/mol. The van der Waals surface area contributed by atoms with E-state index < -0.39 is 0 Å². The Bertz CT molecular complexity index is 342. The van der Waals surface area contributed by atoms with Gasteiger partial charge in [0.05, 0.1) is 11.4 Å². The number of hydrogen-bond acceptors (Lipinski definition) is 2. The van der Waals surface area contributed by atoms with Crippen LogP contribution < -0.4 is 0 Å². The van der Waals surface area contributed by atoms with E-state index in [0.29, 0.717) is 11.3 Å². The summed E-state index contributed by atoms with van der Waals surface area (Å²) in [5.74, 6) is -0.217. The molecule has 0 heterocycles. The third kappa shape index (κ3) is 1.59. The second-order valence-electron chi connectivity index (χ2n) is 2.94. The van der Waals surface area contributed by atoms with Crippen LogP contribution in [0.2, 0.25) is 0 Å². The summed E-state index contributed by atoms with van der Waals surface area (Å²) in [5.41, 5.74) is 2.82. The van der Waals surface area contributed by atoms with Crippen molar-refractivity contribution in [1.29, 1.82) is 0 Å². The van der Waals surface area contributed by atoms with Crippen molar-refractivity contribution >= 4 is 11.4 Å². The van der Waals surface area contributed by atoms with E-state index in [-0.39, 0.29) is 5.83 Å². The zero-order valence-corrected chi connectivity index (χ0v) is 8.35. The molecule has 70 valence electrons. The molecule has 0 bridgehead atoms. The van der Waals surface area contributed by atoms with Crippen LogP contribution in [0.4, 0.5) is 4.39 Å². The van der Waals surface area contributed by atoms with Crippen molar-refractivity contribution in [2.24, 2.45) is 9.98 Å². The molecule has 2 nitrogen and oxygen atoms in total. The highest BCUT2D eigenvalue weighted by molar-refractivity contribution is 6.54. The number of aliphatic imine (C=N–C) groups is 2. The molecule has 13 heavy (non-hydrogen) atoms. The summed E-state index contributed by atoms with van der Waals surface area (Å²) in [6, 6.07) is 0. The van der Waals surface area contributed by atoms with Crippen LogP contribution in [0.5, 0.6) is 0 Å². The Morgan fingerprint density at radius 2 is 1.62 bits per heavy atom. The fourth-order valence-electron chi connectivity index (χ4n) is 1.40. The molecule has 0 aromatic heterocycles. The maximum absolute atomic E-state index is 13.2. The largest absolute Gasteiger partial charge is 0.286 e. The summed E-state index contributed by atoms with van der Waals surface area (Å²) < 4.78 is 13.2. The Morgan fingerprint density at radius 1 is 1.08 bits per heavy atom. The van der Waals surface area contributed by atoms with Crippen molar-refractivity contribution in [3.63, 3.8) is 0 Å². The molecule has 0 aromatic rings. The normalized spacial score (nSPS) is 24.2. The van der Waals surface area contributed by atoms with E-state index >= 15 is 0 Å². The van der Waals surface area contributed by atoms with Crippen LogP contribution in [-0.2, 0) is 0 Å². The summed E-state index contributed by atoms with van der Waals surface area (Å²) in [6.45, 7) is 3.55. The molecule has 0 atom stereocenters. The zero-order valence-electron chi connectivity index (χ0n) is 8.35. The highest BCUT2D eigenvalue weighted by Gasteiger charge is 2.19. The summed E-state index contributed by atoms with van der Waals surface area (Å²) >= 11 is 0. The van der Waals surface area contributed by atoms with Crippen molar-refractivity contribution in [3.8, 4) is 0 Å². The standard InChI is InChI=1S/C10H13FN2/c1-6-5-8(11)7(2)10(13-4)9(6)12-3/h5H,1-4H3/b12-9-,13-10-. The van der Waals surface area contributed by atoms with Gasteiger partial charge >= 0.3 is 0 Å².